The van der Waals surface area contributed by atoms with Gasteiger partial charge in [-0.15, -0.1) is 0 Å². The van der Waals surface area contributed by atoms with Crippen molar-refractivity contribution in [3.05, 3.63) is 42.1 Å². The Morgan fingerprint density at radius 3 is 1.84 bits per heavy atom. The first-order chi connectivity index (χ1) is 15.3. The third-order valence-corrected chi connectivity index (χ3v) is 6.71. The number of unbranched alkanes of at least 4 members (excludes halogenated alkanes) is 14. The summed E-state index contributed by atoms with van der Waals surface area (Å²) in [6, 6.07) is 10.3. The molecule has 0 aromatic heterocycles. The summed E-state index contributed by atoms with van der Waals surface area (Å²) < 4.78 is 0. The van der Waals surface area contributed by atoms with Crippen LogP contribution in [0.3, 0.4) is 0 Å². The number of rotatable bonds is 17. The monoisotopic (exact) mass is 442 g/mol. The molecule has 0 atom stereocenters. The van der Waals surface area contributed by atoms with Crippen LogP contribution in [0.15, 0.2) is 42.1 Å². The molecule has 1 aromatic rings. The highest BCUT2D eigenvalue weighted by Gasteiger charge is 2.18. The van der Waals surface area contributed by atoms with Gasteiger partial charge >= 0.3 is 0 Å². The lowest BCUT2D eigenvalue weighted by atomic mass is 10.0. The molecule has 1 aromatic carbocycles. The molecule has 0 saturated carbocycles. The molecular weight excluding hydrogens is 396 g/mol. The highest BCUT2D eigenvalue weighted by atomic mass is 32.1. The van der Waals surface area contributed by atoms with Crippen LogP contribution in [0.2, 0.25) is 0 Å². The van der Waals surface area contributed by atoms with Crippen molar-refractivity contribution in [2.75, 3.05) is 11.9 Å². The van der Waals surface area contributed by atoms with E-state index >= 15 is 0 Å². The molecule has 0 amide bonds. The maximum Gasteiger partial charge on any atom is 0.177 e. The minimum atomic E-state index is 0.843. The first kappa shape index (κ1) is 25.9. The summed E-state index contributed by atoms with van der Waals surface area (Å²) in [5.74, 6) is 0. The van der Waals surface area contributed by atoms with E-state index in [4.69, 9.17) is 12.2 Å². The number of nitrogens with one attached hydrogen (secondary N) is 1. The Kier molecular flexibility index (Phi) is 14.4. The van der Waals surface area contributed by atoms with Crippen LogP contribution in [-0.2, 0) is 0 Å². The average Bonchev–Trinajstić information content (AvgIpc) is 3.26. The number of hydrogen-bond donors (Lipinski definition) is 1. The van der Waals surface area contributed by atoms with Crippen LogP contribution in [0, 0.1) is 0 Å². The average molecular weight is 443 g/mol. The zero-order valence-corrected chi connectivity index (χ0v) is 20.9. The highest BCUT2D eigenvalue weighted by molar-refractivity contribution is 7.80. The normalized spacial score (nSPS) is 13.5. The van der Waals surface area contributed by atoms with Crippen molar-refractivity contribution in [1.82, 2.24) is 4.90 Å². The van der Waals surface area contributed by atoms with Crippen molar-refractivity contribution in [2.24, 2.45) is 0 Å². The molecule has 174 valence electrons. The molecule has 1 N–H and O–H groups in total. The first-order valence-electron chi connectivity index (χ1n) is 13.1. The standard InChI is InChI=1S/C28H46N2S/c1-2-3-4-5-6-7-8-9-10-11-12-13-14-15-19-23-27-24-20-25-30(27)28(31)29-26-21-17-16-18-22-26/h16-18,21-22,24H,2-15,19-20,23,25H2,1H3,(H,29,31). The Morgan fingerprint density at radius 1 is 0.774 bits per heavy atom. The molecule has 0 radical (unpaired) electrons. The van der Waals surface area contributed by atoms with Gasteiger partial charge in [0, 0.05) is 17.9 Å². The molecule has 3 heteroatoms. The summed E-state index contributed by atoms with van der Waals surface area (Å²) in [7, 11) is 0. The Labute approximate surface area is 197 Å². The minimum Gasteiger partial charge on any atom is -0.332 e. The lowest BCUT2D eigenvalue weighted by Crippen LogP contribution is -2.32. The third-order valence-electron chi connectivity index (χ3n) is 6.39. The Morgan fingerprint density at radius 2 is 1.29 bits per heavy atom. The lowest BCUT2D eigenvalue weighted by Gasteiger charge is -2.24. The summed E-state index contributed by atoms with van der Waals surface area (Å²) in [4.78, 5) is 2.30. The predicted molar refractivity (Wildman–Crippen MR) is 142 cm³/mol. The topological polar surface area (TPSA) is 15.3 Å². The zero-order chi connectivity index (χ0) is 22.0. The summed E-state index contributed by atoms with van der Waals surface area (Å²) >= 11 is 5.66. The van der Waals surface area contributed by atoms with Crippen molar-refractivity contribution in [2.45, 2.75) is 116 Å². The van der Waals surface area contributed by atoms with Crippen LogP contribution in [0.5, 0.6) is 0 Å². The number of anilines is 1. The number of para-hydroxylation sites is 1. The van der Waals surface area contributed by atoms with Gasteiger partial charge in [-0.05, 0) is 43.6 Å². The second-order valence-electron chi connectivity index (χ2n) is 9.13. The van der Waals surface area contributed by atoms with E-state index in [1.54, 1.807) is 0 Å². The van der Waals surface area contributed by atoms with Crippen molar-refractivity contribution in [1.29, 1.82) is 0 Å². The molecule has 0 saturated heterocycles. The predicted octanol–water partition coefficient (Wildman–Crippen LogP) is 9.23. The smallest absolute Gasteiger partial charge is 0.177 e. The van der Waals surface area contributed by atoms with Gasteiger partial charge in [-0.3, -0.25) is 0 Å². The minimum absolute atomic E-state index is 0.843. The van der Waals surface area contributed by atoms with E-state index in [0.717, 1.165) is 30.2 Å². The van der Waals surface area contributed by atoms with Crippen LogP contribution in [0.4, 0.5) is 5.69 Å². The summed E-state index contributed by atoms with van der Waals surface area (Å²) in [5, 5.41) is 4.23. The van der Waals surface area contributed by atoms with Gasteiger partial charge in [0.1, 0.15) is 0 Å². The SMILES string of the molecule is CCCCCCCCCCCCCCCCCC1=CCCN1C(=S)Nc1ccccc1. The fourth-order valence-electron chi connectivity index (χ4n) is 4.47. The molecule has 0 bridgehead atoms. The largest absolute Gasteiger partial charge is 0.332 e. The van der Waals surface area contributed by atoms with Crippen LogP contribution >= 0.6 is 12.2 Å². The van der Waals surface area contributed by atoms with Gasteiger partial charge in [0.25, 0.3) is 0 Å². The van der Waals surface area contributed by atoms with Crippen LogP contribution in [0.25, 0.3) is 0 Å². The summed E-state index contributed by atoms with van der Waals surface area (Å²) in [6.45, 7) is 3.31. The molecule has 0 aliphatic carbocycles. The fraction of sp³-hybridized carbons (Fsp3) is 0.679. The molecule has 0 unspecified atom stereocenters. The van der Waals surface area contributed by atoms with E-state index in [-0.39, 0.29) is 0 Å². The molecule has 1 aliphatic rings. The molecule has 1 heterocycles. The zero-order valence-electron chi connectivity index (χ0n) is 20.0. The van der Waals surface area contributed by atoms with Gasteiger partial charge in [0.05, 0.1) is 0 Å². The van der Waals surface area contributed by atoms with Crippen LogP contribution in [-0.4, -0.2) is 16.6 Å². The van der Waals surface area contributed by atoms with Gasteiger partial charge in [-0.2, -0.15) is 0 Å². The number of nitrogens with zero attached hydrogens (tertiary/aromatic N) is 1. The van der Waals surface area contributed by atoms with Crippen LogP contribution < -0.4 is 5.32 Å². The summed E-state index contributed by atoms with van der Waals surface area (Å²) in [6.07, 6.45) is 25.9. The summed E-state index contributed by atoms with van der Waals surface area (Å²) in [5.41, 5.74) is 2.49. The maximum absolute atomic E-state index is 5.66. The molecule has 0 fully saturated rings. The molecule has 2 nitrogen and oxygen atoms in total. The van der Waals surface area contributed by atoms with Gasteiger partial charge < -0.3 is 10.2 Å². The van der Waals surface area contributed by atoms with Gasteiger partial charge in [-0.25, -0.2) is 0 Å². The fourth-order valence-corrected chi connectivity index (χ4v) is 4.80. The maximum atomic E-state index is 5.66. The second kappa shape index (κ2) is 17.2. The molecule has 1 aliphatic heterocycles. The van der Waals surface area contributed by atoms with Crippen molar-refractivity contribution >= 4 is 23.0 Å². The van der Waals surface area contributed by atoms with Gasteiger partial charge in [0.15, 0.2) is 5.11 Å². The molecular formula is C28H46N2S. The van der Waals surface area contributed by atoms with E-state index in [0.29, 0.717) is 0 Å². The van der Waals surface area contributed by atoms with Crippen LogP contribution in [0.1, 0.15) is 116 Å². The highest BCUT2D eigenvalue weighted by Crippen LogP contribution is 2.23. The Balaban J connectivity index is 1.42. The molecule has 0 spiro atoms. The van der Waals surface area contributed by atoms with Gasteiger partial charge in [-0.1, -0.05) is 121 Å². The lowest BCUT2D eigenvalue weighted by molar-refractivity contribution is 0.512. The van der Waals surface area contributed by atoms with E-state index in [1.807, 2.05) is 18.2 Å². The molecule has 31 heavy (non-hydrogen) atoms. The third kappa shape index (κ3) is 11.7. The second-order valence-corrected chi connectivity index (χ2v) is 9.52. The van der Waals surface area contributed by atoms with Gasteiger partial charge in [0.2, 0.25) is 0 Å². The van der Waals surface area contributed by atoms with Crippen molar-refractivity contribution < 1.29 is 0 Å². The quantitative estimate of drug-likeness (QED) is 0.191. The van der Waals surface area contributed by atoms with E-state index in [9.17, 15) is 0 Å². The van der Waals surface area contributed by atoms with Crippen molar-refractivity contribution in [3.8, 4) is 0 Å². The number of thiocarbonyl (C=S) groups is 1. The number of benzene rings is 1. The number of hydrogen-bond acceptors (Lipinski definition) is 1. The van der Waals surface area contributed by atoms with E-state index < -0.39 is 0 Å². The molecule has 2 rings (SSSR count). The Bertz CT molecular complexity index is 611. The van der Waals surface area contributed by atoms with Crippen molar-refractivity contribution in [3.63, 3.8) is 0 Å². The Hall–Kier alpha value is -1.35. The number of allylic oxidation sites excluding steroid dienone is 1. The van der Waals surface area contributed by atoms with E-state index in [1.165, 1.54) is 102 Å². The van der Waals surface area contributed by atoms with E-state index in [2.05, 4.69) is 35.3 Å². The first-order valence-corrected chi connectivity index (χ1v) is 13.5.